The van der Waals surface area contributed by atoms with Crippen molar-refractivity contribution in [3.05, 3.63) is 35.7 Å². The molecule has 0 radical (unpaired) electrons. The number of carbonyl (C=O) groups is 1. The molecule has 1 fully saturated rings. The number of nitrogens with one attached hydrogen (secondary N) is 1. The third-order valence-corrected chi connectivity index (χ3v) is 3.90. The number of hydrogen-bond donors (Lipinski definition) is 1. The smallest absolute Gasteiger partial charge is 0.274 e. The first-order chi connectivity index (χ1) is 10.2. The van der Waals surface area contributed by atoms with E-state index in [2.05, 4.69) is 22.0 Å². The summed E-state index contributed by atoms with van der Waals surface area (Å²) in [6.07, 6.45) is 5.68. The van der Waals surface area contributed by atoms with Crippen molar-refractivity contribution in [3.63, 3.8) is 0 Å². The Morgan fingerprint density at radius 3 is 3.10 bits per heavy atom. The molecule has 3 rings (SSSR count). The molecule has 1 atom stereocenters. The predicted molar refractivity (Wildman–Crippen MR) is 79.1 cm³/mol. The van der Waals surface area contributed by atoms with Crippen LogP contribution >= 0.6 is 0 Å². The molecular weight excluding hydrogens is 266 g/mol. The maximum absolute atomic E-state index is 12.5. The SMILES string of the molecule is CCCn1ccc(C(=O)N2CC[C@@H](c3ncc(C)[nH]3)C2)n1. The number of aromatic nitrogens is 4. The lowest BCUT2D eigenvalue weighted by Gasteiger charge is -2.14. The van der Waals surface area contributed by atoms with Crippen LogP contribution in [-0.4, -0.2) is 43.6 Å². The molecule has 0 bridgehead atoms. The Morgan fingerprint density at radius 1 is 1.52 bits per heavy atom. The largest absolute Gasteiger partial charge is 0.346 e. The summed E-state index contributed by atoms with van der Waals surface area (Å²) in [6, 6.07) is 1.81. The Morgan fingerprint density at radius 2 is 2.38 bits per heavy atom. The van der Waals surface area contributed by atoms with Gasteiger partial charge in [-0.15, -0.1) is 0 Å². The summed E-state index contributed by atoms with van der Waals surface area (Å²) in [6.45, 7) is 6.42. The van der Waals surface area contributed by atoms with E-state index in [4.69, 9.17) is 0 Å². The van der Waals surface area contributed by atoms with Crippen molar-refractivity contribution in [2.45, 2.75) is 39.2 Å². The van der Waals surface area contributed by atoms with Crippen molar-refractivity contribution >= 4 is 5.91 Å². The van der Waals surface area contributed by atoms with Gasteiger partial charge >= 0.3 is 0 Å². The van der Waals surface area contributed by atoms with E-state index in [1.54, 1.807) is 0 Å². The highest BCUT2D eigenvalue weighted by Crippen LogP contribution is 2.25. The maximum Gasteiger partial charge on any atom is 0.274 e. The predicted octanol–water partition coefficient (Wildman–Crippen LogP) is 1.95. The van der Waals surface area contributed by atoms with E-state index in [0.29, 0.717) is 18.2 Å². The van der Waals surface area contributed by atoms with Crippen LogP contribution in [0.1, 0.15) is 47.7 Å². The number of hydrogen-bond acceptors (Lipinski definition) is 3. The van der Waals surface area contributed by atoms with Gasteiger partial charge in [-0.1, -0.05) is 6.92 Å². The monoisotopic (exact) mass is 287 g/mol. The van der Waals surface area contributed by atoms with Crippen LogP contribution < -0.4 is 0 Å². The minimum Gasteiger partial charge on any atom is -0.346 e. The van der Waals surface area contributed by atoms with Gasteiger partial charge in [0.1, 0.15) is 11.5 Å². The van der Waals surface area contributed by atoms with E-state index in [9.17, 15) is 4.79 Å². The Bertz CT molecular complexity index is 630. The number of rotatable bonds is 4. The van der Waals surface area contributed by atoms with Crippen LogP contribution in [0.15, 0.2) is 18.5 Å². The molecule has 3 heterocycles. The summed E-state index contributed by atoms with van der Waals surface area (Å²) >= 11 is 0. The Kier molecular flexibility index (Phi) is 3.77. The number of imidazole rings is 1. The minimum atomic E-state index is 0.0237. The number of nitrogens with zero attached hydrogens (tertiary/aromatic N) is 4. The quantitative estimate of drug-likeness (QED) is 0.934. The minimum absolute atomic E-state index is 0.0237. The number of aryl methyl sites for hydroxylation is 2. The van der Waals surface area contributed by atoms with Crippen molar-refractivity contribution in [3.8, 4) is 0 Å². The van der Waals surface area contributed by atoms with Crippen LogP contribution in [-0.2, 0) is 6.54 Å². The highest BCUT2D eigenvalue weighted by atomic mass is 16.2. The van der Waals surface area contributed by atoms with E-state index in [1.807, 2.05) is 35.0 Å². The van der Waals surface area contributed by atoms with Crippen LogP contribution in [0.3, 0.4) is 0 Å². The normalized spacial score (nSPS) is 18.4. The van der Waals surface area contributed by atoms with E-state index >= 15 is 0 Å². The van der Waals surface area contributed by atoms with Gasteiger partial charge < -0.3 is 9.88 Å². The summed E-state index contributed by atoms with van der Waals surface area (Å²) in [4.78, 5) is 22.0. The molecule has 0 saturated carbocycles. The lowest BCUT2D eigenvalue weighted by molar-refractivity contribution is 0.0783. The molecule has 0 aromatic carbocycles. The second-order valence-electron chi connectivity index (χ2n) is 5.65. The lowest BCUT2D eigenvalue weighted by atomic mass is 10.1. The first-order valence-corrected chi connectivity index (χ1v) is 7.51. The zero-order chi connectivity index (χ0) is 14.8. The molecule has 2 aromatic rings. The van der Waals surface area contributed by atoms with Gasteiger partial charge in [-0.2, -0.15) is 5.10 Å². The van der Waals surface area contributed by atoms with Crippen LogP contribution in [0.25, 0.3) is 0 Å². The number of aromatic amines is 1. The van der Waals surface area contributed by atoms with Gasteiger partial charge in [-0.25, -0.2) is 4.98 Å². The second-order valence-corrected chi connectivity index (χ2v) is 5.65. The molecule has 0 spiro atoms. The third-order valence-electron chi connectivity index (χ3n) is 3.90. The lowest BCUT2D eigenvalue weighted by Crippen LogP contribution is -2.29. The molecule has 0 aliphatic carbocycles. The highest BCUT2D eigenvalue weighted by molar-refractivity contribution is 5.92. The van der Waals surface area contributed by atoms with Crippen LogP contribution in [0.5, 0.6) is 0 Å². The summed E-state index contributed by atoms with van der Waals surface area (Å²) in [5, 5.41) is 4.35. The molecule has 1 aliphatic heterocycles. The maximum atomic E-state index is 12.5. The number of H-pyrrole nitrogens is 1. The fraction of sp³-hybridized carbons (Fsp3) is 0.533. The summed E-state index contributed by atoms with van der Waals surface area (Å²) in [5.41, 5.74) is 1.60. The zero-order valence-electron chi connectivity index (χ0n) is 12.5. The molecule has 112 valence electrons. The third kappa shape index (κ3) is 2.84. The van der Waals surface area contributed by atoms with Gasteiger partial charge in [-0.3, -0.25) is 9.48 Å². The summed E-state index contributed by atoms with van der Waals surface area (Å²) in [5.74, 6) is 1.32. The highest BCUT2D eigenvalue weighted by Gasteiger charge is 2.30. The van der Waals surface area contributed by atoms with Crippen molar-refractivity contribution in [1.29, 1.82) is 0 Å². The van der Waals surface area contributed by atoms with Crippen molar-refractivity contribution < 1.29 is 4.79 Å². The Hall–Kier alpha value is -2.11. The average Bonchev–Trinajstić information content (AvgIpc) is 3.17. The number of carbonyl (C=O) groups excluding carboxylic acids is 1. The summed E-state index contributed by atoms with van der Waals surface area (Å²) < 4.78 is 1.83. The van der Waals surface area contributed by atoms with Gasteiger partial charge in [0.05, 0.1) is 0 Å². The van der Waals surface area contributed by atoms with Gasteiger partial charge in [0.2, 0.25) is 0 Å². The second kappa shape index (κ2) is 5.71. The van der Waals surface area contributed by atoms with Gasteiger partial charge in [-0.05, 0) is 25.8 Å². The first-order valence-electron chi connectivity index (χ1n) is 7.51. The molecule has 1 amide bonds. The van der Waals surface area contributed by atoms with Gasteiger partial charge in [0.15, 0.2) is 0 Å². The molecule has 1 aliphatic rings. The molecular formula is C15H21N5O. The van der Waals surface area contributed by atoms with Crippen LogP contribution in [0, 0.1) is 6.92 Å². The van der Waals surface area contributed by atoms with Crippen LogP contribution in [0.2, 0.25) is 0 Å². The zero-order valence-corrected chi connectivity index (χ0v) is 12.5. The molecule has 1 N–H and O–H groups in total. The fourth-order valence-corrected chi connectivity index (χ4v) is 2.80. The molecule has 0 unspecified atom stereocenters. The van der Waals surface area contributed by atoms with E-state index in [1.165, 1.54) is 0 Å². The molecule has 6 heteroatoms. The van der Waals surface area contributed by atoms with Crippen LogP contribution in [0.4, 0.5) is 0 Å². The molecule has 21 heavy (non-hydrogen) atoms. The van der Waals surface area contributed by atoms with Crippen molar-refractivity contribution in [1.82, 2.24) is 24.6 Å². The topological polar surface area (TPSA) is 66.8 Å². The standard InChI is InChI=1S/C15H21N5O/c1-3-6-20-8-5-13(18-20)15(21)19-7-4-12(10-19)14-16-9-11(2)17-14/h5,8-9,12H,3-4,6-7,10H2,1-2H3,(H,16,17)/t12-/m1/s1. The van der Waals surface area contributed by atoms with Gasteiger partial charge in [0, 0.05) is 43.6 Å². The number of likely N-dealkylation sites (tertiary alicyclic amines) is 1. The average molecular weight is 287 g/mol. The molecule has 6 nitrogen and oxygen atoms in total. The fourth-order valence-electron chi connectivity index (χ4n) is 2.80. The van der Waals surface area contributed by atoms with E-state index in [0.717, 1.165) is 37.4 Å². The van der Waals surface area contributed by atoms with E-state index in [-0.39, 0.29) is 5.91 Å². The summed E-state index contributed by atoms with van der Waals surface area (Å²) in [7, 11) is 0. The van der Waals surface area contributed by atoms with Crippen molar-refractivity contribution in [2.75, 3.05) is 13.1 Å². The molecule has 2 aromatic heterocycles. The first kappa shape index (κ1) is 13.9. The number of amides is 1. The molecule has 1 saturated heterocycles. The van der Waals surface area contributed by atoms with E-state index < -0.39 is 0 Å². The Labute approximate surface area is 124 Å². The van der Waals surface area contributed by atoms with Crippen molar-refractivity contribution in [2.24, 2.45) is 0 Å². The Balaban J connectivity index is 1.66. The van der Waals surface area contributed by atoms with Gasteiger partial charge in [0.25, 0.3) is 5.91 Å².